The Labute approximate surface area is 112 Å². The Morgan fingerprint density at radius 1 is 1.22 bits per heavy atom. The maximum Gasteiger partial charge on any atom is 0.0613 e. The van der Waals surface area contributed by atoms with E-state index in [0.717, 1.165) is 25.4 Å². The highest BCUT2D eigenvalue weighted by Gasteiger charge is 2.43. The average Bonchev–Trinajstić information content (AvgIpc) is 3.13. The van der Waals surface area contributed by atoms with Crippen LogP contribution in [-0.2, 0) is 0 Å². The van der Waals surface area contributed by atoms with Gasteiger partial charge in [0.2, 0.25) is 0 Å². The smallest absolute Gasteiger partial charge is 0.0613 e. The van der Waals surface area contributed by atoms with E-state index in [1.54, 1.807) is 0 Å². The van der Waals surface area contributed by atoms with Crippen LogP contribution in [-0.4, -0.2) is 47.3 Å². The Morgan fingerprint density at radius 3 is 2.56 bits per heavy atom. The second kappa shape index (κ2) is 6.36. The van der Waals surface area contributed by atoms with Crippen molar-refractivity contribution in [2.24, 2.45) is 0 Å². The fourth-order valence-corrected chi connectivity index (χ4v) is 3.53. The van der Waals surface area contributed by atoms with E-state index in [1.165, 1.54) is 38.6 Å². The zero-order valence-corrected chi connectivity index (χ0v) is 12.1. The molecule has 0 aliphatic heterocycles. The van der Waals surface area contributed by atoms with Crippen molar-refractivity contribution in [3.05, 3.63) is 0 Å². The van der Waals surface area contributed by atoms with E-state index in [-0.39, 0.29) is 5.54 Å². The molecule has 0 spiro atoms. The van der Waals surface area contributed by atoms with Crippen LogP contribution >= 0.6 is 0 Å². The van der Waals surface area contributed by atoms with Crippen molar-refractivity contribution in [2.45, 2.75) is 76.4 Å². The number of nitrogens with one attached hydrogen (secondary N) is 1. The number of hydrogen-bond donors (Lipinski definition) is 2. The minimum atomic E-state index is 0.0127. The molecule has 3 nitrogen and oxygen atoms in total. The Hall–Kier alpha value is -0.120. The molecule has 2 aliphatic carbocycles. The third-order valence-corrected chi connectivity index (χ3v) is 4.69. The SMILES string of the molecule is CCCCN(C1CC1)C1CCC(CO)(NCC)C1. The fraction of sp³-hybridized carbons (Fsp3) is 1.00. The molecule has 0 aromatic carbocycles. The molecule has 0 saturated heterocycles. The molecule has 2 rings (SSSR count). The molecule has 0 aromatic rings. The van der Waals surface area contributed by atoms with Crippen molar-refractivity contribution < 1.29 is 5.11 Å². The number of aliphatic hydroxyl groups excluding tert-OH is 1. The number of hydrogen-bond acceptors (Lipinski definition) is 3. The zero-order chi connectivity index (χ0) is 13.0. The summed E-state index contributed by atoms with van der Waals surface area (Å²) in [7, 11) is 0. The third kappa shape index (κ3) is 3.25. The van der Waals surface area contributed by atoms with Crippen LogP contribution in [0.1, 0.15) is 58.8 Å². The molecule has 106 valence electrons. The van der Waals surface area contributed by atoms with Gasteiger partial charge in [0.05, 0.1) is 6.61 Å². The van der Waals surface area contributed by atoms with E-state index >= 15 is 0 Å². The molecule has 2 unspecified atom stereocenters. The van der Waals surface area contributed by atoms with Gasteiger partial charge in [-0.15, -0.1) is 0 Å². The van der Waals surface area contributed by atoms with Gasteiger partial charge < -0.3 is 10.4 Å². The Kier molecular flexibility index (Phi) is 5.05. The quantitative estimate of drug-likeness (QED) is 0.696. The number of aliphatic hydroxyl groups is 1. The van der Waals surface area contributed by atoms with Gasteiger partial charge in [0.25, 0.3) is 0 Å². The predicted molar refractivity (Wildman–Crippen MR) is 75.8 cm³/mol. The van der Waals surface area contributed by atoms with Gasteiger partial charge in [-0.1, -0.05) is 20.3 Å². The first-order valence-electron chi connectivity index (χ1n) is 7.86. The number of rotatable bonds is 8. The first-order valence-corrected chi connectivity index (χ1v) is 7.86. The minimum absolute atomic E-state index is 0.0127. The summed E-state index contributed by atoms with van der Waals surface area (Å²) in [4.78, 5) is 2.75. The van der Waals surface area contributed by atoms with Crippen molar-refractivity contribution in [1.82, 2.24) is 10.2 Å². The van der Waals surface area contributed by atoms with Crippen LogP contribution < -0.4 is 5.32 Å². The summed E-state index contributed by atoms with van der Waals surface area (Å²) in [6.07, 6.45) is 8.93. The Bertz CT molecular complexity index is 255. The lowest BCUT2D eigenvalue weighted by atomic mass is 9.98. The van der Waals surface area contributed by atoms with Gasteiger partial charge in [0, 0.05) is 17.6 Å². The summed E-state index contributed by atoms with van der Waals surface area (Å²) in [5.41, 5.74) is 0.0127. The van der Waals surface area contributed by atoms with Crippen LogP contribution in [0.25, 0.3) is 0 Å². The molecule has 2 N–H and O–H groups in total. The maximum absolute atomic E-state index is 9.70. The van der Waals surface area contributed by atoms with E-state index in [2.05, 4.69) is 24.1 Å². The lowest BCUT2D eigenvalue weighted by Crippen LogP contribution is -2.48. The van der Waals surface area contributed by atoms with Crippen molar-refractivity contribution in [2.75, 3.05) is 19.7 Å². The first kappa shape index (κ1) is 14.3. The second-order valence-electron chi connectivity index (χ2n) is 6.19. The average molecular weight is 254 g/mol. The summed E-state index contributed by atoms with van der Waals surface area (Å²) >= 11 is 0. The van der Waals surface area contributed by atoms with E-state index in [9.17, 15) is 5.11 Å². The number of nitrogens with zero attached hydrogens (tertiary/aromatic N) is 1. The van der Waals surface area contributed by atoms with Gasteiger partial charge in [-0.05, 0) is 51.6 Å². The highest BCUT2D eigenvalue weighted by atomic mass is 16.3. The first-order chi connectivity index (χ1) is 8.74. The van der Waals surface area contributed by atoms with Crippen molar-refractivity contribution in [3.63, 3.8) is 0 Å². The van der Waals surface area contributed by atoms with Gasteiger partial charge >= 0.3 is 0 Å². The van der Waals surface area contributed by atoms with Gasteiger partial charge in [0.15, 0.2) is 0 Å². The van der Waals surface area contributed by atoms with Crippen molar-refractivity contribution in [1.29, 1.82) is 0 Å². The van der Waals surface area contributed by atoms with E-state index in [4.69, 9.17) is 0 Å². The molecule has 2 fully saturated rings. The molecular formula is C15H30N2O. The van der Waals surface area contributed by atoms with Gasteiger partial charge in [0.1, 0.15) is 0 Å². The summed E-state index contributed by atoms with van der Waals surface area (Å²) in [6, 6.07) is 1.56. The fourth-order valence-electron chi connectivity index (χ4n) is 3.53. The largest absolute Gasteiger partial charge is 0.394 e. The van der Waals surface area contributed by atoms with E-state index in [1.807, 2.05) is 0 Å². The van der Waals surface area contributed by atoms with Crippen molar-refractivity contribution in [3.8, 4) is 0 Å². The van der Waals surface area contributed by atoms with Crippen molar-refractivity contribution >= 4 is 0 Å². The van der Waals surface area contributed by atoms with Crippen LogP contribution in [0.4, 0.5) is 0 Å². The number of likely N-dealkylation sites (N-methyl/N-ethyl adjacent to an activating group) is 1. The molecule has 2 atom stereocenters. The molecule has 0 amide bonds. The van der Waals surface area contributed by atoms with Crippen LogP contribution in [0, 0.1) is 0 Å². The van der Waals surface area contributed by atoms with Gasteiger partial charge in [-0.25, -0.2) is 0 Å². The minimum Gasteiger partial charge on any atom is -0.394 e. The normalized spacial score (nSPS) is 32.3. The van der Waals surface area contributed by atoms with Gasteiger partial charge in [-0.2, -0.15) is 0 Å². The van der Waals surface area contributed by atoms with Crippen LogP contribution in [0.5, 0.6) is 0 Å². The number of unbranched alkanes of at least 4 members (excludes halogenated alkanes) is 1. The van der Waals surface area contributed by atoms with Gasteiger partial charge in [-0.3, -0.25) is 4.90 Å². The van der Waals surface area contributed by atoms with Crippen LogP contribution in [0.2, 0.25) is 0 Å². The summed E-state index contributed by atoms with van der Waals surface area (Å²) < 4.78 is 0. The Balaban J connectivity index is 1.92. The highest BCUT2D eigenvalue weighted by molar-refractivity contribution is 5.01. The second-order valence-corrected chi connectivity index (χ2v) is 6.19. The molecule has 0 heterocycles. The third-order valence-electron chi connectivity index (χ3n) is 4.69. The summed E-state index contributed by atoms with van der Waals surface area (Å²) in [5, 5.41) is 13.2. The molecule has 2 aliphatic rings. The lowest BCUT2D eigenvalue weighted by molar-refractivity contribution is 0.139. The molecule has 0 bridgehead atoms. The van der Waals surface area contributed by atoms with Crippen LogP contribution in [0.3, 0.4) is 0 Å². The molecular weight excluding hydrogens is 224 g/mol. The molecule has 2 saturated carbocycles. The molecule has 0 aromatic heterocycles. The standard InChI is InChI=1S/C15H30N2O/c1-3-5-10-17(13-6-7-13)14-8-9-15(11-14,12-18)16-4-2/h13-14,16,18H,3-12H2,1-2H3. The zero-order valence-electron chi connectivity index (χ0n) is 12.1. The summed E-state index contributed by atoms with van der Waals surface area (Å²) in [5.74, 6) is 0. The summed E-state index contributed by atoms with van der Waals surface area (Å²) in [6.45, 7) is 6.94. The van der Waals surface area contributed by atoms with E-state index < -0.39 is 0 Å². The molecule has 18 heavy (non-hydrogen) atoms. The molecule has 0 radical (unpaired) electrons. The van der Waals surface area contributed by atoms with E-state index in [0.29, 0.717) is 12.6 Å². The Morgan fingerprint density at radius 2 is 2.00 bits per heavy atom. The maximum atomic E-state index is 9.70. The predicted octanol–water partition coefficient (Wildman–Crippen LogP) is 2.14. The molecule has 3 heteroatoms. The monoisotopic (exact) mass is 254 g/mol. The van der Waals surface area contributed by atoms with Crippen LogP contribution in [0.15, 0.2) is 0 Å². The highest BCUT2D eigenvalue weighted by Crippen LogP contribution is 2.38. The lowest BCUT2D eigenvalue weighted by Gasteiger charge is -2.32. The topological polar surface area (TPSA) is 35.5 Å².